The molecule has 3 N–H and O–H groups in total. The van der Waals surface area contributed by atoms with Crippen LogP contribution in [0, 0.1) is 0 Å². The fourth-order valence-electron chi connectivity index (χ4n) is 3.55. The number of nitrogens with zero attached hydrogens (tertiary/aromatic N) is 2. The summed E-state index contributed by atoms with van der Waals surface area (Å²) in [5, 5.41) is 23.6. The summed E-state index contributed by atoms with van der Waals surface area (Å²) in [7, 11) is 0. The van der Waals surface area contributed by atoms with Crippen LogP contribution in [0.3, 0.4) is 0 Å². The number of amidine groups is 1. The van der Waals surface area contributed by atoms with Crippen molar-refractivity contribution in [3.63, 3.8) is 0 Å². The van der Waals surface area contributed by atoms with Crippen LogP contribution in [0.1, 0.15) is 18.9 Å². The Hall–Kier alpha value is -4.38. The van der Waals surface area contributed by atoms with Gasteiger partial charge in [-0.25, -0.2) is 0 Å². The number of aliphatic carboxylic acids is 1. The molecule has 1 fully saturated rings. The van der Waals surface area contributed by atoms with Crippen LogP contribution < -0.4 is 20.1 Å². The Balaban J connectivity index is 1.38. The second-order valence-corrected chi connectivity index (χ2v) is 9.04. The molecule has 0 spiro atoms. The molecular weight excluding hydrogens is 496 g/mol. The highest BCUT2D eigenvalue weighted by molar-refractivity contribution is 8.15. The first-order valence-corrected chi connectivity index (χ1v) is 12.3. The summed E-state index contributed by atoms with van der Waals surface area (Å²) in [6.07, 6.45) is 1.17. The first kappa shape index (κ1) is 25.7. The Labute approximate surface area is 216 Å². The lowest BCUT2D eigenvalue weighted by Crippen LogP contribution is -2.26. The number of hydrogen-bond donors (Lipinski definition) is 3. The summed E-state index contributed by atoms with van der Waals surface area (Å²) >= 11 is 1.02. The highest BCUT2D eigenvalue weighted by atomic mass is 32.2. The van der Waals surface area contributed by atoms with Crippen LogP contribution in [0.15, 0.2) is 70.9 Å². The van der Waals surface area contributed by atoms with Crippen molar-refractivity contribution >= 4 is 57.4 Å². The van der Waals surface area contributed by atoms with Crippen molar-refractivity contribution in [1.82, 2.24) is 5.32 Å². The lowest BCUT2D eigenvalue weighted by Gasteiger charge is -2.13. The molecule has 0 bridgehead atoms. The van der Waals surface area contributed by atoms with Crippen molar-refractivity contribution in [2.75, 3.05) is 18.5 Å². The zero-order valence-electron chi connectivity index (χ0n) is 19.8. The monoisotopic (exact) mass is 520 g/mol. The van der Waals surface area contributed by atoms with E-state index in [2.05, 4.69) is 20.8 Å². The second kappa shape index (κ2) is 12.0. The minimum Gasteiger partial charge on any atom is -0.490 e. The SMILES string of the molecule is CCOc1cc(C=NN=C2NC(=O)C(CC(=O)O)S2)ccc1OCC(=O)Nc1cccc2ccccc12. The highest BCUT2D eigenvalue weighted by Gasteiger charge is 2.32. The number of fused-ring (bicyclic) bond motifs is 1. The molecule has 2 amide bonds. The molecule has 1 aliphatic heterocycles. The van der Waals surface area contributed by atoms with Crippen LogP contribution in [0.25, 0.3) is 10.8 Å². The van der Waals surface area contributed by atoms with Gasteiger partial charge in [0.05, 0.1) is 19.2 Å². The van der Waals surface area contributed by atoms with Gasteiger partial charge < -0.3 is 25.2 Å². The third-order valence-corrected chi connectivity index (χ3v) is 6.25. The van der Waals surface area contributed by atoms with Crippen molar-refractivity contribution in [1.29, 1.82) is 0 Å². The van der Waals surface area contributed by atoms with E-state index >= 15 is 0 Å². The number of carboxylic acid groups (broad SMARTS) is 1. The topological polar surface area (TPSA) is 139 Å². The Morgan fingerprint density at radius 1 is 1.11 bits per heavy atom. The minimum atomic E-state index is -1.06. The average molecular weight is 521 g/mol. The Bertz CT molecular complexity index is 1390. The molecule has 1 unspecified atom stereocenters. The number of rotatable bonds is 10. The number of carbonyl (C=O) groups excluding carboxylic acids is 2. The van der Waals surface area contributed by atoms with E-state index in [9.17, 15) is 14.4 Å². The molecule has 0 aliphatic carbocycles. The predicted octanol–water partition coefficient (Wildman–Crippen LogP) is 3.65. The van der Waals surface area contributed by atoms with Gasteiger partial charge in [-0.15, -0.1) is 5.10 Å². The molecule has 190 valence electrons. The number of anilines is 1. The summed E-state index contributed by atoms with van der Waals surface area (Å²) in [6, 6.07) is 18.6. The summed E-state index contributed by atoms with van der Waals surface area (Å²) in [6.45, 7) is 2.01. The molecule has 0 saturated carbocycles. The molecule has 1 atom stereocenters. The Morgan fingerprint density at radius 2 is 1.92 bits per heavy atom. The largest absolute Gasteiger partial charge is 0.490 e. The number of ether oxygens (including phenoxy) is 2. The second-order valence-electron chi connectivity index (χ2n) is 7.85. The first-order chi connectivity index (χ1) is 17.9. The van der Waals surface area contributed by atoms with E-state index in [0.29, 0.717) is 29.4 Å². The summed E-state index contributed by atoms with van der Waals surface area (Å²) in [5.41, 5.74) is 1.35. The van der Waals surface area contributed by atoms with E-state index in [0.717, 1.165) is 22.5 Å². The zero-order chi connectivity index (χ0) is 26.2. The Morgan fingerprint density at radius 3 is 2.73 bits per heavy atom. The van der Waals surface area contributed by atoms with Gasteiger partial charge in [-0.05, 0) is 42.1 Å². The van der Waals surface area contributed by atoms with Gasteiger partial charge in [0.1, 0.15) is 5.25 Å². The fourth-order valence-corrected chi connectivity index (χ4v) is 4.46. The van der Waals surface area contributed by atoms with Crippen LogP contribution in [0.2, 0.25) is 0 Å². The number of amides is 2. The number of nitrogens with one attached hydrogen (secondary N) is 2. The van der Waals surface area contributed by atoms with Gasteiger partial charge in [-0.3, -0.25) is 14.4 Å². The molecule has 0 radical (unpaired) electrons. The molecule has 4 rings (SSSR count). The third-order valence-electron chi connectivity index (χ3n) is 5.18. The third kappa shape index (κ3) is 6.85. The Kier molecular flexibility index (Phi) is 8.37. The molecule has 11 heteroatoms. The maximum Gasteiger partial charge on any atom is 0.305 e. The van der Waals surface area contributed by atoms with Crippen LogP contribution >= 0.6 is 11.8 Å². The lowest BCUT2D eigenvalue weighted by molar-refractivity contribution is -0.138. The predicted molar refractivity (Wildman–Crippen MR) is 142 cm³/mol. The van der Waals surface area contributed by atoms with Crippen LogP contribution in [0.4, 0.5) is 5.69 Å². The highest BCUT2D eigenvalue weighted by Crippen LogP contribution is 2.29. The van der Waals surface area contributed by atoms with Gasteiger partial charge in [-0.2, -0.15) is 5.10 Å². The van der Waals surface area contributed by atoms with Gasteiger partial charge in [0.15, 0.2) is 23.3 Å². The average Bonchev–Trinajstić information content (AvgIpc) is 3.22. The number of carbonyl (C=O) groups is 3. The summed E-state index contributed by atoms with van der Waals surface area (Å²) in [5.74, 6) is -0.951. The molecule has 10 nitrogen and oxygen atoms in total. The van der Waals surface area contributed by atoms with Gasteiger partial charge in [0.25, 0.3) is 5.91 Å². The van der Waals surface area contributed by atoms with Crippen molar-refractivity contribution in [2.45, 2.75) is 18.6 Å². The van der Waals surface area contributed by atoms with E-state index in [4.69, 9.17) is 14.6 Å². The zero-order valence-corrected chi connectivity index (χ0v) is 20.7. The van der Waals surface area contributed by atoms with E-state index in [1.807, 2.05) is 49.4 Å². The normalized spacial score (nSPS) is 16.2. The quantitative estimate of drug-likeness (QED) is 0.274. The van der Waals surface area contributed by atoms with Crippen molar-refractivity contribution in [3.8, 4) is 11.5 Å². The lowest BCUT2D eigenvalue weighted by atomic mass is 10.1. The summed E-state index contributed by atoms with van der Waals surface area (Å²) < 4.78 is 11.4. The number of carboxylic acids is 1. The molecular formula is C26H24N4O6S. The number of benzene rings is 3. The maximum atomic E-state index is 12.6. The van der Waals surface area contributed by atoms with Crippen LogP contribution in [0.5, 0.6) is 11.5 Å². The van der Waals surface area contributed by atoms with Gasteiger partial charge in [-0.1, -0.05) is 48.2 Å². The van der Waals surface area contributed by atoms with Crippen molar-refractivity contribution < 1.29 is 29.0 Å². The molecule has 3 aromatic carbocycles. The van der Waals surface area contributed by atoms with E-state index in [1.54, 1.807) is 18.2 Å². The molecule has 1 heterocycles. The molecule has 1 aliphatic rings. The van der Waals surface area contributed by atoms with Crippen LogP contribution in [-0.4, -0.2) is 52.7 Å². The molecule has 37 heavy (non-hydrogen) atoms. The van der Waals surface area contributed by atoms with E-state index in [-0.39, 0.29) is 24.1 Å². The van der Waals surface area contributed by atoms with E-state index in [1.165, 1.54) is 6.21 Å². The first-order valence-electron chi connectivity index (χ1n) is 11.4. The fraction of sp³-hybridized carbons (Fsp3) is 0.192. The summed E-state index contributed by atoms with van der Waals surface area (Å²) in [4.78, 5) is 35.2. The maximum absolute atomic E-state index is 12.6. The molecule has 0 aromatic heterocycles. The smallest absolute Gasteiger partial charge is 0.305 e. The van der Waals surface area contributed by atoms with Crippen molar-refractivity contribution in [2.24, 2.45) is 10.2 Å². The number of thioether (sulfide) groups is 1. The van der Waals surface area contributed by atoms with Gasteiger partial charge >= 0.3 is 5.97 Å². The van der Waals surface area contributed by atoms with Crippen molar-refractivity contribution in [3.05, 3.63) is 66.2 Å². The van der Waals surface area contributed by atoms with Gasteiger partial charge in [0.2, 0.25) is 5.91 Å². The van der Waals surface area contributed by atoms with Gasteiger partial charge in [0, 0.05) is 11.1 Å². The minimum absolute atomic E-state index is 0.210. The van der Waals surface area contributed by atoms with E-state index < -0.39 is 17.1 Å². The standard InChI is InChI=1S/C26H24N4O6S/c1-2-35-21-12-16(14-27-30-26-29-25(34)22(37-26)13-24(32)33)10-11-20(21)36-15-23(31)28-19-9-5-7-17-6-3-4-8-18(17)19/h3-12,14,22H,2,13,15H2,1H3,(H,28,31)(H,32,33)(H,29,30,34). The van der Waals surface area contributed by atoms with Crippen LogP contribution in [-0.2, 0) is 14.4 Å². The molecule has 3 aromatic rings. The molecule has 1 saturated heterocycles. The number of hydrogen-bond acceptors (Lipinski definition) is 8.